The van der Waals surface area contributed by atoms with E-state index in [9.17, 15) is 42.8 Å². The Bertz CT molecular complexity index is 1220. The van der Waals surface area contributed by atoms with Crippen LogP contribution < -0.4 is 11.2 Å². The molecule has 1 aromatic rings. The first kappa shape index (κ1) is 27.7. The highest BCUT2D eigenvalue weighted by molar-refractivity contribution is 7.66. The van der Waals surface area contributed by atoms with Crippen molar-refractivity contribution in [2.24, 2.45) is 0 Å². The summed E-state index contributed by atoms with van der Waals surface area (Å²) in [4.78, 5) is 60.5. The fourth-order valence-corrected chi connectivity index (χ4v) is 5.93. The predicted molar refractivity (Wildman–Crippen MR) is 99.4 cm³/mol. The van der Waals surface area contributed by atoms with Crippen molar-refractivity contribution in [3.63, 3.8) is 0 Å². The molecule has 0 aliphatic carbocycles. The van der Waals surface area contributed by atoms with Gasteiger partial charge in [-0.25, -0.2) is 18.5 Å². The molecular formula is C12H16FN2O15P3. The van der Waals surface area contributed by atoms with Gasteiger partial charge in [0.05, 0.1) is 12.3 Å². The maximum absolute atomic E-state index is 13.6. The van der Waals surface area contributed by atoms with Crippen LogP contribution in [0.3, 0.4) is 0 Å². The van der Waals surface area contributed by atoms with E-state index in [2.05, 4.69) is 13.1 Å². The summed E-state index contributed by atoms with van der Waals surface area (Å²) < 4.78 is 64.7. The Morgan fingerprint density at radius 3 is 2.33 bits per heavy atom. The maximum atomic E-state index is 13.6. The minimum atomic E-state index is -5.85. The van der Waals surface area contributed by atoms with Crippen molar-refractivity contribution in [2.45, 2.75) is 37.1 Å². The van der Waals surface area contributed by atoms with Gasteiger partial charge < -0.3 is 34.5 Å². The smallest absolute Gasteiger partial charge is 0.386 e. The molecule has 1 aliphatic rings. The van der Waals surface area contributed by atoms with Crippen LogP contribution in [-0.2, 0) is 31.6 Å². The van der Waals surface area contributed by atoms with Gasteiger partial charge in [0.1, 0.15) is 12.2 Å². The minimum absolute atomic E-state index is 0.275. The van der Waals surface area contributed by atoms with Gasteiger partial charge in [-0.1, -0.05) is 5.92 Å². The fourth-order valence-electron chi connectivity index (χ4n) is 2.73. The average molecular weight is 540 g/mol. The van der Waals surface area contributed by atoms with Crippen LogP contribution in [0.4, 0.5) is 4.39 Å². The van der Waals surface area contributed by atoms with E-state index in [1.807, 2.05) is 0 Å². The molecule has 2 heterocycles. The quantitative estimate of drug-likeness (QED) is 0.139. The second-order valence-electron chi connectivity index (χ2n) is 6.41. The third kappa shape index (κ3) is 6.32. The Labute approximate surface area is 181 Å². The van der Waals surface area contributed by atoms with Crippen LogP contribution in [0.1, 0.15) is 13.2 Å². The molecule has 21 heteroatoms. The molecule has 1 aromatic heterocycles. The summed E-state index contributed by atoms with van der Waals surface area (Å²) in [5.74, 6) is 0.206. The molecule has 4 unspecified atom stereocenters. The highest BCUT2D eigenvalue weighted by atomic mass is 31.3. The Morgan fingerprint density at radius 1 is 1.24 bits per heavy atom. The molecule has 0 radical (unpaired) electrons. The lowest BCUT2D eigenvalue weighted by Gasteiger charge is -2.27. The van der Waals surface area contributed by atoms with Gasteiger partial charge in [0.2, 0.25) is 5.82 Å². The van der Waals surface area contributed by atoms with E-state index >= 15 is 0 Å². The first-order valence-electron chi connectivity index (χ1n) is 8.19. The van der Waals surface area contributed by atoms with Crippen LogP contribution in [-0.4, -0.2) is 63.3 Å². The summed E-state index contributed by atoms with van der Waals surface area (Å²) in [5.41, 5.74) is -5.54. The lowest BCUT2D eigenvalue weighted by atomic mass is 9.93. The van der Waals surface area contributed by atoms with E-state index in [1.54, 1.807) is 10.9 Å². The zero-order chi connectivity index (χ0) is 25.6. The molecular weight excluding hydrogens is 524 g/mol. The van der Waals surface area contributed by atoms with Gasteiger partial charge >= 0.3 is 29.2 Å². The Kier molecular flexibility index (Phi) is 7.77. The fraction of sp³-hybridized carbons (Fsp3) is 0.500. The number of nitrogens with zero attached hydrogens (tertiary/aromatic N) is 1. The van der Waals surface area contributed by atoms with Gasteiger partial charge in [0.25, 0.3) is 5.56 Å². The first-order chi connectivity index (χ1) is 14.8. The average Bonchev–Trinajstić information content (AvgIpc) is 2.87. The second kappa shape index (κ2) is 9.25. The van der Waals surface area contributed by atoms with Crippen molar-refractivity contribution in [3.05, 3.63) is 32.9 Å². The Hall–Kier alpha value is -1.54. The van der Waals surface area contributed by atoms with E-state index in [0.717, 1.165) is 6.92 Å². The molecule has 33 heavy (non-hydrogen) atoms. The Balaban J connectivity index is 2.31. The van der Waals surface area contributed by atoms with Crippen molar-refractivity contribution in [1.29, 1.82) is 0 Å². The highest BCUT2D eigenvalue weighted by Gasteiger charge is 2.58. The number of hydrogen-bond donors (Lipinski definition) is 7. The Morgan fingerprint density at radius 2 is 1.82 bits per heavy atom. The summed E-state index contributed by atoms with van der Waals surface area (Å²) in [6, 6.07) is 0. The number of aliphatic hydroxyl groups excluding tert-OH is 1. The van der Waals surface area contributed by atoms with Crippen LogP contribution in [0, 0.1) is 18.2 Å². The van der Waals surface area contributed by atoms with Crippen LogP contribution in [0.25, 0.3) is 0 Å². The number of terminal acetylenes is 1. The molecule has 7 N–H and O–H groups in total. The van der Waals surface area contributed by atoms with Crippen LogP contribution in [0.2, 0.25) is 0 Å². The van der Waals surface area contributed by atoms with Crippen LogP contribution >= 0.6 is 23.5 Å². The van der Waals surface area contributed by atoms with Crippen molar-refractivity contribution >= 4 is 23.5 Å². The number of ether oxygens (including phenoxy) is 1. The topological polar surface area (TPSA) is 264 Å². The zero-order valence-electron chi connectivity index (χ0n) is 16.0. The molecule has 1 saturated heterocycles. The minimum Gasteiger partial charge on any atom is -0.386 e. The van der Waals surface area contributed by atoms with Crippen LogP contribution in [0.15, 0.2) is 15.8 Å². The summed E-state index contributed by atoms with van der Waals surface area (Å²) in [6.07, 6.45) is -2.56. The lowest BCUT2D eigenvalue weighted by molar-refractivity contribution is -0.0872. The van der Waals surface area contributed by atoms with Crippen molar-refractivity contribution in [2.75, 3.05) is 0 Å². The summed E-state index contributed by atoms with van der Waals surface area (Å²) in [7, 11) is -17.2. The first-order valence-corrected chi connectivity index (χ1v) is 12.7. The molecule has 186 valence electrons. The van der Waals surface area contributed by atoms with Crippen molar-refractivity contribution in [3.8, 4) is 12.3 Å². The predicted octanol–water partition coefficient (Wildman–Crippen LogP) is -1.97. The van der Waals surface area contributed by atoms with Gasteiger partial charge in [0, 0.05) is 0 Å². The molecule has 0 saturated carbocycles. The molecule has 0 amide bonds. The monoisotopic (exact) mass is 540 g/mol. The van der Waals surface area contributed by atoms with E-state index in [-0.39, 0.29) is 4.57 Å². The molecule has 1 aliphatic heterocycles. The summed E-state index contributed by atoms with van der Waals surface area (Å²) >= 11 is 0. The van der Waals surface area contributed by atoms with Crippen LogP contribution in [0.5, 0.6) is 0 Å². The molecule has 0 spiro atoms. The van der Waals surface area contributed by atoms with E-state index in [0.29, 0.717) is 6.20 Å². The van der Waals surface area contributed by atoms with Gasteiger partial charge in [-0.3, -0.25) is 18.9 Å². The SMILES string of the molecule is C#CC1(O)C(O)[C@@H]([C@H](C)OP(=O)(O)OP(=O)(O)OP(=O)(O)O)O[C@H]1n1cc(F)c(=O)[nH]c1=O. The number of H-pyrrole nitrogens is 1. The number of nitrogens with one attached hydrogen (secondary N) is 1. The molecule has 17 nitrogen and oxygen atoms in total. The number of hydrogen-bond acceptors (Lipinski definition) is 11. The number of aliphatic hydroxyl groups is 2. The number of phosphoric ester groups is 1. The number of rotatable bonds is 8. The van der Waals surface area contributed by atoms with Gasteiger partial charge in [0.15, 0.2) is 11.8 Å². The zero-order valence-corrected chi connectivity index (χ0v) is 18.7. The van der Waals surface area contributed by atoms with Crippen molar-refractivity contribution in [1.82, 2.24) is 9.55 Å². The highest BCUT2D eigenvalue weighted by Crippen LogP contribution is 2.66. The molecule has 2 rings (SSSR count). The third-order valence-electron chi connectivity index (χ3n) is 4.01. The van der Waals surface area contributed by atoms with E-state index < -0.39 is 70.7 Å². The number of halogens is 1. The number of aromatic nitrogens is 2. The molecule has 0 bridgehead atoms. The summed E-state index contributed by atoms with van der Waals surface area (Å²) in [6.45, 7) is 0.891. The third-order valence-corrected chi connectivity index (χ3v) is 7.94. The number of aromatic amines is 1. The maximum Gasteiger partial charge on any atom is 0.490 e. The normalized spacial score (nSPS) is 30.2. The second-order valence-corrected chi connectivity index (χ2v) is 10.8. The van der Waals surface area contributed by atoms with Gasteiger partial charge in [-0.15, -0.1) is 6.42 Å². The van der Waals surface area contributed by atoms with Gasteiger partial charge in [-0.05, 0) is 6.92 Å². The molecule has 7 atom stereocenters. The summed E-state index contributed by atoms with van der Waals surface area (Å²) in [5, 5.41) is 21.0. The van der Waals surface area contributed by atoms with Gasteiger partial charge in [-0.2, -0.15) is 13.0 Å². The van der Waals surface area contributed by atoms with Crippen molar-refractivity contribution < 1.29 is 65.8 Å². The van der Waals surface area contributed by atoms with E-state index in [4.69, 9.17) is 25.8 Å². The molecule has 1 fully saturated rings. The lowest BCUT2D eigenvalue weighted by Crippen LogP contribution is -2.49. The number of phosphoric acid groups is 3. The standard InChI is InChI=1S/C12H16FN2O15P3/c1-3-12(19)8(16)7(27-10(12)15-4-6(13)9(17)14-11(15)18)5(2)28-32(23,24)30-33(25,26)29-31(20,21)22/h1,4-5,7-8,10,16,19H,2H3,(H,23,24)(H,25,26)(H,14,17,18)(H2,20,21,22)/t5-,7+,8?,10+,12?/m0/s1. The molecule has 0 aromatic carbocycles. The van der Waals surface area contributed by atoms with E-state index in [1.165, 1.54) is 0 Å². The largest absolute Gasteiger partial charge is 0.490 e.